The Hall–Kier alpha value is -15.4. The number of alkyl halides is 5. The highest BCUT2D eigenvalue weighted by Crippen LogP contribution is 2.36. The zero-order chi connectivity index (χ0) is 104. The molecule has 0 saturated heterocycles. The van der Waals surface area contributed by atoms with E-state index in [1.807, 2.05) is 65.9 Å². The number of hydrogen-bond donors (Lipinski definition) is 0. The minimum absolute atomic E-state index is 0.0136. The molecule has 0 spiro atoms. The maximum atomic E-state index is 14.4. The summed E-state index contributed by atoms with van der Waals surface area (Å²) in [5, 5.41) is 30.7. The molecule has 4 aliphatic rings. The van der Waals surface area contributed by atoms with Crippen molar-refractivity contribution in [1.82, 2.24) is 54.4 Å². The van der Waals surface area contributed by atoms with Gasteiger partial charge in [-0.2, -0.15) is 23.3 Å². The lowest BCUT2D eigenvalue weighted by Crippen LogP contribution is -2.42. The molecule has 141 heavy (non-hydrogen) atoms. The van der Waals surface area contributed by atoms with Crippen LogP contribution in [0.4, 0.5) is 71.9 Å². The van der Waals surface area contributed by atoms with Crippen molar-refractivity contribution in [2.24, 2.45) is 0 Å². The van der Waals surface area contributed by atoms with Crippen LogP contribution in [0.5, 0.6) is 11.5 Å². The van der Waals surface area contributed by atoms with Gasteiger partial charge in [0.2, 0.25) is 11.7 Å². The number of imide groups is 1. The fraction of sp³-hybridized carbons (Fsp3) is 0.327. The Morgan fingerprint density at radius 2 is 0.823 bits per heavy atom. The number of halogens is 9. The largest absolute Gasteiger partial charge is 0.471 e. The van der Waals surface area contributed by atoms with Crippen molar-refractivity contribution in [2.45, 2.75) is 170 Å². The summed E-state index contributed by atoms with van der Waals surface area (Å²) >= 11 is 10.6. The quantitative estimate of drug-likeness (QED) is 0.0192. The number of carbonyl (C=O) groups is 7. The van der Waals surface area contributed by atoms with E-state index in [1.165, 1.54) is 60.7 Å². The highest BCUT2D eigenvalue weighted by Gasteiger charge is 2.45. The number of carbonyl (C=O) groups excluding carboxylic acids is 7. The number of terminal acetylenes is 2. The fourth-order valence-corrected chi connectivity index (χ4v) is 13.4. The summed E-state index contributed by atoms with van der Waals surface area (Å²) in [5.74, 6) is -1.17. The number of hydrogen-bond acceptors (Lipinski definition) is 26. The van der Waals surface area contributed by atoms with E-state index in [9.17, 15) is 84.5 Å². The van der Waals surface area contributed by atoms with Crippen LogP contribution in [0.3, 0.4) is 0 Å². The molecule has 0 unspecified atom stereocenters. The minimum Gasteiger partial charge on any atom is -0.444 e. The third-order valence-corrected chi connectivity index (χ3v) is 19.7. The summed E-state index contributed by atoms with van der Waals surface area (Å²) in [6.07, 6.45) is 8.03. The smallest absolute Gasteiger partial charge is 0.444 e. The van der Waals surface area contributed by atoms with Crippen molar-refractivity contribution in [3.63, 3.8) is 0 Å². The first-order chi connectivity index (χ1) is 66.7. The lowest BCUT2D eigenvalue weighted by Gasteiger charge is -2.24. The van der Waals surface area contributed by atoms with E-state index in [0.717, 1.165) is 85.7 Å². The van der Waals surface area contributed by atoms with E-state index < -0.39 is 91.8 Å². The van der Waals surface area contributed by atoms with Gasteiger partial charge in [-0.05, 0) is 192 Å². The first kappa shape index (κ1) is 111. The molecule has 34 nitrogen and oxygen atoms in total. The molecule has 10 heterocycles. The number of ether oxygens (including phenoxy) is 8. The average Bonchev–Trinajstić information content (AvgIpc) is 1.72. The SMILES string of the molecule is C#CCN(CC#C)C(=O)OC(C)(C)C.CC(C)(C)OC(=O)N1Cc2cnc(CCl)cc2C1.COCc1cc2c(cn1)CN(C(=O)C(F)(F)F)C2.COCc1cc2c(cn1)CN(C(=O)Cc1nc(-c3ccc(F)cc3F)ccc1[N+](=O)[O-])C2.COCc1cc2c(cn1)CN(C(=O)OC(C)(C)C)C2.N#CCCl.O=C(Oc1ccccc1)N(C(=O)Oc1ccccc1)c1nc(-c2ccc(F)cc2F)ccc1[N+](=O)[O-]. The van der Waals surface area contributed by atoms with Gasteiger partial charge >= 0.3 is 48.2 Å². The Kier molecular flexibility index (Phi) is 40.4. The van der Waals surface area contributed by atoms with Crippen LogP contribution < -0.4 is 14.4 Å². The van der Waals surface area contributed by atoms with Gasteiger partial charge in [0.1, 0.15) is 63.1 Å². The summed E-state index contributed by atoms with van der Waals surface area (Å²) in [6, 6.07) is 34.5. The van der Waals surface area contributed by atoms with Crippen LogP contribution in [0.15, 0.2) is 170 Å². The molecule has 0 N–H and O–H groups in total. The fourth-order valence-electron chi connectivity index (χ4n) is 13.2. The Labute approximate surface area is 816 Å². The molecule has 4 aliphatic heterocycles. The van der Waals surface area contributed by atoms with E-state index in [4.69, 9.17) is 79.2 Å². The number of nitro groups is 2. The predicted octanol–water partition coefficient (Wildman–Crippen LogP) is 19.1. The summed E-state index contributed by atoms with van der Waals surface area (Å²) < 4.78 is 133. The standard InChI is InChI=1S/C25H15F2N3O6.C22H18F2N4O4.C14H20N2O3.C13H17ClN2O2.C11H11F3N2O2.C11H15NO2.C2H2ClN/c26-16-11-12-19(20(27)15-16)21-13-14-22(30(33)34)23(28-21)29(24(31)35-17-7-3-1-4-8-17)25(32)36-18-9-5-2-6-10-18;1-32-12-16-6-13-10-27(11-14(13)9-25-16)22(29)8-20-21(28(30)31)5-4-19(26-20)17-3-2-15(23)7-18(17)24;1-14(2,3)19-13(17)16-7-10-5-12(9-18-4)15-6-11(10)8-16;1-13(2,3)18-12(17)16-7-9-4-11(5-14)15-6-10(9)8-16;1-18-6-9-2-7-4-16(5-8(7)3-15-9)10(17)11(12,13)14;1-6-8-12(9-7-2)10(13)14-11(3,4)5;3-1-2-4/h1-15H;2-7,9H,8,10-12H2,1H3;5-6H,7-9H2,1-4H3;4,6H,5,7-8H2,1-3H3;2-3H,4-6H2,1H3;1-2H,8-9H2,3-5H3;1H2. The van der Waals surface area contributed by atoms with Crippen LogP contribution in [0.1, 0.15) is 135 Å². The minimum atomic E-state index is -4.83. The topological polar surface area (TPSA) is 400 Å². The Morgan fingerprint density at radius 3 is 1.18 bits per heavy atom. The van der Waals surface area contributed by atoms with E-state index in [0.29, 0.717) is 93.9 Å². The molecular weight excluding hydrogens is 1900 g/mol. The second kappa shape index (κ2) is 51.4. The molecule has 0 saturated carbocycles. The highest BCUT2D eigenvalue weighted by atomic mass is 35.5. The van der Waals surface area contributed by atoms with E-state index in [-0.39, 0.29) is 107 Å². The van der Waals surface area contributed by atoms with Gasteiger partial charge in [-0.3, -0.25) is 64.5 Å². The summed E-state index contributed by atoms with van der Waals surface area (Å²) in [5.41, 5.74) is 7.59. The van der Waals surface area contributed by atoms with Crippen molar-refractivity contribution in [3.8, 4) is 64.8 Å². The molecule has 4 aromatic carbocycles. The van der Waals surface area contributed by atoms with Crippen LogP contribution in [-0.2, 0) is 122 Å². The first-order valence-electron chi connectivity index (χ1n) is 42.5. The maximum Gasteiger partial charge on any atom is 0.471 e. The van der Waals surface area contributed by atoms with Crippen molar-refractivity contribution < 1.29 is 112 Å². The number of aromatic nitrogens is 6. The second-order valence-electron chi connectivity index (χ2n) is 33.7. The molecule has 14 rings (SSSR count). The van der Waals surface area contributed by atoms with E-state index in [2.05, 4.69) is 41.7 Å². The van der Waals surface area contributed by atoms with Crippen molar-refractivity contribution in [3.05, 3.63) is 287 Å². The predicted molar refractivity (Wildman–Crippen MR) is 500 cm³/mol. The van der Waals surface area contributed by atoms with Gasteiger partial charge in [-0.25, -0.2) is 51.5 Å². The molecule has 0 radical (unpaired) electrons. The molecule has 10 aromatic rings. The molecule has 6 aromatic heterocycles. The molecule has 0 bridgehead atoms. The normalized spacial score (nSPS) is 12.3. The maximum absolute atomic E-state index is 14.4. The molecule has 0 fully saturated rings. The zero-order valence-corrected chi connectivity index (χ0v) is 80.0. The lowest BCUT2D eigenvalue weighted by atomic mass is 10.1. The third-order valence-electron chi connectivity index (χ3n) is 19.3. The zero-order valence-electron chi connectivity index (χ0n) is 78.5. The number of methoxy groups -OCH3 is 3. The number of nitrogens with zero attached hydrogens (tertiary/aromatic N) is 15. The first-order valence-corrected chi connectivity index (χ1v) is 43.6. The van der Waals surface area contributed by atoms with Crippen molar-refractivity contribution >= 4 is 82.7 Å². The number of anilines is 1. The molecular formula is C98H98Cl2F7N15O19. The third kappa shape index (κ3) is 33.8. The number of pyridine rings is 6. The Balaban J connectivity index is 0.000000212. The van der Waals surface area contributed by atoms with Crippen molar-refractivity contribution in [1.29, 1.82) is 5.26 Å². The average molecular weight is 1990 g/mol. The van der Waals surface area contributed by atoms with E-state index >= 15 is 0 Å². The number of amides is 7. The number of para-hydroxylation sites is 2. The van der Waals surface area contributed by atoms with Crippen LogP contribution in [0.25, 0.3) is 22.5 Å². The second-order valence-corrected chi connectivity index (χ2v) is 34.2. The number of rotatable bonds is 18. The molecule has 43 heteroatoms. The highest BCUT2D eigenvalue weighted by molar-refractivity contribution is 6.19. The number of benzene rings is 4. The molecule has 7 amide bonds. The van der Waals surface area contributed by atoms with Gasteiger partial charge in [0.25, 0.3) is 5.69 Å². The van der Waals surface area contributed by atoms with Crippen LogP contribution >= 0.6 is 23.2 Å². The Morgan fingerprint density at radius 1 is 0.468 bits per heavy atom. The van der Waals surface area contributed by atoms with Gasteiger partial charge in [0.05, 0.1) is 108 Å². The van der Waals surface area contributed by atoms with Crippen molar-refractivity contribution in [2.75, 3.05) is 45.2 Å². The number of fused-ring (bicyclic) bond motifs is 4. The Bertz CT molecular complexity index is 6210. The van der Waals surface area contributed by atoms with Gasteiger partial charge in [-0.15, -0.1) is 36.0 Å². The molecule has 742 valence electrons. The summed E-state index contributed by atoms with van der Waals surface area (Å²) in [7, 11) is 4.72. The number of nitriles is 1. The monoisotopic (exact) mass is 1990 g/mol. The summed E-state index contributed by atoms with van der Waals surface area (Å²) in [4.78, 5) is 140. The molecule has 0 aliphatic carbocycles. The van der Waals surface area contributed by atoms with Gasteiger partial charge in [0.15, 0.2) is 0 Å². The summed E-state index contributed by atoms with van der Waals surface area (Å²) in [6.45, 7) is 20.9. The van der Waals surface area contributed by atoms with Crippen LogP contribution in [-0.4, -0.2) is 170 Å². The van der Waals surface area contributed by atoms with Crippen LogP contribution in [0, 0.1) is 79.5 Å². The van der Waals surface area contributed by atoms with Gasteiger partial charge in [0, 0.05) is 121 Å². The lowest BCUT2D eigenvalue weighted by molar-refractivity contribution is -0.385. The van der Waals surface area contributed by atoms with Crippen LogP contribution in [0.2, 0.25) is 0 Å². The van der Waals surface area contributed by atoms with Gasteiger partial charge < -0.3 is 47.7 Å². The molecule has 0 atom stereocenters. The van der Waals surface area contributed by atoms with Gasteiger partial charge in [-0.1, -0.05) is 48.2 Å². The van der Waals surface area contributed by atoms with E-state index in [1.54, 1.807) is 111 Å².